The number of carbonyl (C=O) groups excluding carboxylic acids is 1. The average Bonchev–Trinajstić information content (AvgIpc) is 3.17. The number of ether oxygens (including phenoxy) is 1. The smallest absolute Gasteiger partial charge is 0.262 e. The van der Waals surface area contributed by atoms with Crippen molar-refractivity contribution in [1.82, 2.24) is 20.2 Å². The largest absolute Gasteiger partial charge is 0.484 e. The van der Waals surface area contributed by atoms with Crippen molar-refractivity contribution in [2.45, 2.75) is 6.42 Å². The first kappa shape index (κ1) is 16.1. The molecule has 3 rings (SSSR count). The highest BCUT2D eigenvalue weighted by atomic mass is 16.5. The molecule has 0 aliphatic heterocycles. The molecule has 0 spiro atoms. The average molecular weight is 334 g/mol. The lowest BCUT2D eigenvalue weighted by molar-refractivity contribution is -0.118. The molecule has 0 aliphatic carbocycles. The van der Waals surface area contributed by atoms with Gasteiger partial charge in [0, 0.05) is 5.69 Å². The molecule has 124 valence electrons. The second-order valence-electron chi connectivity index (χ2n) is 5.12. The van der Waals surface area contributed by atoms with E-state index in [2.05, 4.69) is 26.9 Å². The number of benzene rings is 2. The van der Waals surface area contributed by atoms with Crippen LogP contribution in [-0.4, -0.2) is 32.7 Å². The molecule has 0 atom stereocenters. The van der Waals surface area contributed by atoms with Crippen LogP contribution in [0.1, 0.15) is 5.56 Å². The Morgan fingerprint density at radius 2 is 1.92 bits per heavy atom. The summed E-state index contributed by atoms with van der Waals surface area (Å²) in [5.41, 5.74) is 2.35. The minimum absolute atomic E-state index is 0.107. The van der Waals surface area contributed by atoms with Gasteiger partial charge in [0.25, 0.3) is 5.91 Å². The zero-order valence-corrected chi connectivity index (χ0v) is 13.2. The number of nitriles is 1. The molecule has 0 fully saturated rings. The summed E-state index contributed by atoms with van der Waals surface area (Å²) in [5.74, 6) is 0.300. The molecule has 1 N–H and O–H groups in total. The summed E-state index contributed by atoms with van der Waals surface area (Å²) < 4.78 is 6.98. The van der Waals surface area contributed by atoms with E-state index in [9.17, 15) is 4.79 Å². The third kappa shape index (κ3) is 4.39. The molecule has 2 aromatic carbocycles. The van der Waals surface area contributed by atoms with Gasteiger partial charge in [0.2, 0.25) is 0 Å². The van der Waals surface area contributed by atoms with E-state index >= 15 is 0 Å². The first-order valence-corrected chi connectivity index (χ1v) is 7.46. The summed E-state index contributed by atoms with van der Waals surface area (Å²) in [6, 6.07) is 16.2. The van der Waals surface area contributed by atoms with Crippen LogP contribution >= 0.6 is 0 Å². The van der Waals surface area contributed by atoms with Gasteiger partial charge in [-0.3, -0.25) is 4.79 Å². The van der Waals surface area contributed by atoms with E-state index < -0.39 is 0 Å². The van der Waals surface area contributed by atoms with E-state index in [-0.39, 0.29) is 12.5 Å². The van der Waals surface area contributed by atoms with Gasteiger partial charge in [-0.2, -0.15) is 5.26 Å². The predicted octanol–water partition coefficient (Wildman–Crippen LogP) is 1.75. The van der Waals surface area contributed by atoms with Gasteiger partial charge in [0.05, 0.1) is 18.2 Å². The number of rotatable bonds is 6. The SMILES string of the molecule is N#CCc1ccc(NC(=O)COc2ccc(-n3cnnn3)cc2)cc1. The van der Waals surface area contributed by atoms with Crippen molar-refractivity contribution in [3.63, 3.8) is 0 Å². The van der Waals surface area contributed by atoms with E-state index in [4.69, 9.17) is 10.00 Å². The molecule has 1 heterocycles. The number of tetrazole rings is 1. The van der Waals surface area contributed by atoms with Crippen LogP contribution in [0, 0.1) is 11.3 Å². The molecule has 1 aromatic heterocycles. The zero-order chi connectivity index (χ0) is 17.5. The molecule has 8 nitrogen and oxygen atoms in total. The molecule has 25 heavy (non-hydrogen) atoms. The first-order valence-electron chi connectivity index (χ1n) is 7.46. The first-order chi connectivity index (χ1) is 12.2. The van der Waals surface area contributed by atoms with Crippen LogP contribution in [-0.2, 0) is 11.2 Å². The van der Waals surface area contributed by atoms with Crippen LogP contribution in [0.3, 0.4) is 0 Å². The van der Waals surface area contributed by atoms with Crippen molar-refractivity contribution in [2.75, 3.05) is 11.9 Å². The maximum atomic E-state index is 11.9. The van der Waals surface area contributed by atoms with Gasteiger partial charge in [-0.25, -0.2) is 4.68 Å². The van der Waals surface area contributed by atoms with E-state index in [1.807, 2.05) is 0 Å². The number of anilines is 1. The maximum Gasteiger partial charge on any atom is 0.262 e. The molecule has 8 heteroatoms. The Morgan fingerprint density at radius 3 is 2.56 bits per heavy atom. The zero-order valence-electron chi connectivity index (χ0n) is 13.2. The quantitative estimate of drug-likeness (QED) is 0.736. The number of hydrogen-bond donors (Lipinski definition) is 1. The maximum absolute atomic E-state index is 11.9. The van der Waals surface area contributed by atoms with Crippen LogP contribution in [0.2, 0.25) is 0 Å². The van der Waals surface area contributed by atoms with Gasteiger partial charge < -0.3 is 10.1 Å². The summed E-state index contributed by atoms with van der Waals surface area (Å²) in [4.78, 5) is 11.9. The van der Waals surface area contributed by atoms with Gasteiger partial charge in [0.1, 0.15) is 12.1 Å². The Bertz CT molecular complexity index is 867. The molecule has 3 aromatic rings. The highest BCUT2D eigenvalue weighted by molar-refractivity contribution is 5.91. The van der Waals surface area contributed by atoms with Crippen molar-refractivity contribution in [2.24, 2.45) is 0 Å². The Labute approximate surface area is 143 Å². The molecule has 0 unspecified atom stereocenters. The second kappa shape index (κ2) is 7.70. The van der Waals surface area contributed by atoms with Crippen molar-refractivity contribution in [3.05, 3.63) is 60.4 Å². The van der Waals surface area contributed by atoms with Crippen LogP contribution < -0.4 is 10.1 Å². The lowest BCUT2D eigenvalue weighted by atomic mass is 10.1. The number of nitrogens with zero attached hydrogens (tertiary/aromatic N) is 5. The standard InChI is InChI=1S/C17H14N6O2/c18-10-9-13-1-3-14(4-2-13)20-17(24)11-25-16-7-5-15(6-8-16)23-12-19-21-22-23/h1-8,12H,9,11H2,(H,20,24). The fourth-order valence-corrected chi connectivity index (χ4v) is 2.12. The highest BCUT2D eigenvalue weighted by Gasteiger charge is 2.05. The summed E-state index contributed by atoms with van der Waals surface area (Å²) in [6.45, 7) is -0.107. The fraction of sp³-hybridized carbons (Fsp3) is 0.118. The summed E-state index contributed by atoms with van der Waals surface area (Å²) in [7, 11) is 0. The molecular weight excluding hydrogens is 320 g/mol. The van der Waals surface area contributed by atoms with Crippen LogP contribution in [0.4, 0.5) is 5.69 Å². The summed E-state index contributed by atoms with van der Waals surface area (Å²) in [6.07, 6.45) is 1.84. The second-order valence-corrected chi connectivity index (χ2v) is 5.12. The monoisotopic (exact) mass is 334 g/mol. The van der Waals surface area contributed by atoms with Crippen molar-refractivity contribution in [1.29, 1.82) is 5.26 Å². The minimum atomic E-state index is -0.266. The highest BCUT2D eigenvalue weighted by Crippen LogP contribution is 2.14. The van der Waals surface area contributed by atoms with Crippen molar-refractivity contribution in [3.8, 4) is 17.5 Å². The molecule has 0 aliphatic rings. The Hall–Kier alpha value is -3.73. The van der Waals surface area contributed by atoms with Gasteiger partial charge in [-0.1, -0.05) is 12.1 Å². The number of amides is 1. The Kier molecular flexibility index (Phi) is 4.97. The fourth-order valence-electron chi connectivity index (χ4n) is 2.12. The molecule has 0 saturated carbocycles. The van der Waals surface area contributed by atoms with Gasteiger partial charge in [0.15, 0.2) is 6.61 Å². The van der Waals surface area contributed by atoms with E-state index in [0.717, 1.165) is 11.3 Å². The Balaban J connectivity index is 1.51. The minimum Gasteiger partial charge on any atom is -0.484 e. The molecule has 0 radical (unpaired) electrons. The van der Waals surface area contributed by atoms with Gasteiger partial charge in [-0.05, 0) is 52.4 Å². The molecule has 0 saturated heterocycles. The van der Waals surface area contributed by atoms with Crippen molar-refractivity contribution < 1.29 is 9.53 Å². The summed E-state index contributed by atoms with van der Waals surface area (Å²) >= 11 is 0. The van der Waals surface area contributed by atoms with Gasteiger partial charge in [-0.15, -0.1) is 5.10 Å². The number of nitrogens with one attached hydrogen (secondary N) is 1. The third-order valence-corrected chi connectivity index (χ3v) is 3.34. The number of hydrogen-bond acceptors (Lipinski definition) is 6. The van der Waals surface area contributed by atoms with Crippen LogP contribution in [0.5, 0.6) is 5.75 Å². The van der Waals surface area contributed by atoms with E-state index in [1.54, 1.807) is 48.5 Å². The molecular formula is C17H14N6O2. The third-order valence-electron chi connectivity index (χ3n) is 3.34. The molecule has 1 amide bonds. The van der Waals surface area contributed by atoms with Crippen LogP contribution in [0.15, 0.2) is 54.9 Å². The summed E-state index contributed by atoms with van der Waals surface area (Å²) in [5, 5.41) is 22.3. The topological polar surface area (TPSA) is 106 Å². The molecule has 0 bridgehead atoms. The number of aromatic nitrogens is 4. The van der Waals surface area contributed by atoms with E-state index in [1.165, 1.54) is 11.0 Å². The normalized spacial score (nSPS) is 10.0. The van der Waals surface area contributed by atoms with Gasteiger partial charge >= 0.3 is 0 Å². The lowest BCUT2D eigenvalue weighted by Crippen LogP contribution is -2.20. The predicted molar refractivity (Wildman–Crippen MR) is 89.0 cm³/mol. The Morgan fingerprint density at radius 1 is 1.16 bits per heavy atom. The van der Waals surface area contributed by atoms with E-state index in [0.29, 0.717) is 17.9 Å². The number of carbonyl (C=O) groups is 1. The van der Waals surface area contributed by atoms with Crippen molar-refractivity contribution >= 4 is 11.6 Å². The lowest BCUT2D eigenvalue weighted by Gasteiger charge is -2.08. The van der Waals surface area contributed by atoms with Crippen LogP contribution in [0.25, 0.3) is 5.69 Å².